The van der Waals surface area contributed by atoms with Crippen molar-refractivity contribution in [1.82, 2.24) is 5.32 Å². The van der Waals surface area contributed by atoms with Gasteiger partial charge in [-0.25, -0.2) is 8.78 Å². The van der Waals surface area contributed by atoms with Crippen LogP contribution in [-0.4, -0.2) is 24.9 Å². The first-order valence-corrected chi connectivity index (χ1v) is 8.49. The minimum absolute atomic E-state index is 0.0526. The molecule has 0 aliphatic rings. The van der Waals surface area contributed by atoms with Crippen LogP contribution in [0.1, 0.15) is 30.6 Å². The highest BCUT2D eigenvalue weighted by Gasteiger charge is 2.18. The zero-order chi connectivity index (χ0) is 19.1. The van der Waals surface area contributed by atoms with Crippen LogP contribution in [0.5, 0.6) is 0 Å². The lowest BCUT2D eigenvalue weighted by atomic mass is 10.1. The van der Waals surface area contributed by atoms with Crippen molar-refractivity contribution in [2.75, 3.05) is 18.0 Å². The molecule has 0 saturated carbocycles. The summed E-state index contributed by atoms with van der Waals surface area (Å²) in [5, 5.41) is 2.80. The lowest BCUT2D eigenvalue weighted by Gasteiger charge is -2.23. The average Bonchev–Trinajstić information content (AvgIpc) is 2.62. The van der Waals surface area contributed by atoms with E-state index in [9.17, 15) is 18.4 Å². The summed E-state index contributed by atoms with van der Waals surface area (Å²) < 4.78 is 26.3. The first-order valence-electron chi connectivity index (χ1n) is 8.49. The fourth-order valence-corrected chi connectivity index (χ4v) is 2.37. The number of nitrogens with one attached hydrogen (secondary N) is 1. The predicted octanol–water partition coefficient (Wildman–Crippen LogP) is 3.77. The van der Waals surface area contributed by atoms with E-state index in [0.717, 1.165) is 0 Å². The first-order chi connectivity index (χ1) is 12.4. The van der Waals surface area contributed by atoms with Crippen molar-refractivity contribution in [3.05, 3.63) is 65.7 Å². The standard InChI is InChI=1S/C20H22F2N2O2/c1-14(2)19(25)23-12-3-13-24(18-10-8-17(22)9-11-18)20(26)15-4-6-16(21)7-5-15/h4-11,14H,3,12-13H2,1-2H3,(H,23,25). The van der Waals surface area contributed by atoms with Crippen LogP contribution in [0.25, 0.3) is 0 Å². The van der Waals surface area contributed by atoms with E-state index >= 15 is 0 Å². The Hall–Kier alpha value is -2.76. The molecule has 6 heteroatoms. The van der Waals surface area contributed by atoms with Gasteiger partial charge in [0.15, 0.2) is 0 Å². The molecular weight excluding hydrogens is 338 g/mol. The van der Waals surface area contributed by atoms with Crippen molar-refractivity contribution in [2.45, 2.75) is 20.3 Å². The maximum Gasteiger partial charge on any atom is 0.258 e. The third-order valence-corrected chi connectivity index (χ3v) is 3.86. The minimum atomic E-state index is -0.425. The van der Waals surface area contributed by atoms with Crippen LogP contribution < -0.4 is 10.2 Å². The van der Waals surface area contributed by atoms with E-state index in [0.29, 0.717) is 30.8 Å². The van der Waals surface area contributed by atoms with Crippen molar-refractivity contribution >= 4 is 17.5 Å². The predicted molar refractivity (Wildman–Crippen MR) is 96.9 cm³/mol. The SMILES string of the molecule is CC(C)C(=O)NCCCN(C(=O)c1ccc(F)cc1)c1ccc(F)cc1. The van der Waals surface area contributed by atoms with Gasteiger partial charge in [-0.2, -0.15) is 0 Å². The maximum absolute atomic E-state index is 13.2. The van der Waals surface area contributed by atoms with E-state index in [1.54, 1.807) is 13.8 Å². The molecule has 0 spiro atoms. The molecule has 0 aliphatic carbocycles. The van der Waals surface area contributed by atoms with Gasteiger partial charge in [-0.3, -0.25) is 9.59 Å². The second-order valence-electron chi connectivity index (χ2n) is 6.24. The van der Waals surface area contributed by atoms with Gasteiger partial charge >= 0.3 is 0 Å². The van der Waals surface area contributed by atoms with Crippen molar-refractivity contribution < 1.29 is 18.4 Å². The van der Waals surface area contributed by atoms with Crippen LogP contribution in [0.3, 0.4) is 0 Å². The van der Waals surface area contributed by atoms with Gasteiger partial charge in [0.2, 0.25) is 5.91 Å². The largest absolute Gasteiger partial charge is 0.356 e. The number of nitrogens with zero attached hydrogens (tertiary/aromatic N) is 1. The number of rotatable bonds is 7. The molecule has 26 heavy (non-hydrogen) atoms. The monoisotopic (exact) mass is 360 g/mol. The number of anilines is 1. The van der Waals surface area contributed by atoms with E-state index in [-0.39, 0.29) is 17.7 Å². The molecular formula is C20H22F2N2O2. The number of hydrogen-bond acceptors (Lipinski definition) is 2. The van der Waals surface area contributed by atoms with Gasteiger partial charge in [0.25, 0.3) is 5.91 Å². The van der Waals surface area contributed by atoms with Crippen LogP contribution in [0.2, 0.25) is 0 Å². The summed E-state index contributed by atoms with van der Waals surface area (Å²) in [7, 11) is 0. The molecule has 0 unspecified atom stereocenters. The van der Waals surface area contributed by atoms with Gasteiger partial charge in [0.05, 0.1) is 0 Å². The highest BCUT2D eigenvalue weighted by atomic mass is 19.1. The van der Waals surface area contributed by atoms with E-state index in [1.807, 2.05) is 0 Å². The maximum atomic E-state index is 13.2. The van der Waals surface area contributed by atoms with Gasteiger partial charge in [-0.05, 0) is 55.0 Å². The Morgan fingerprint density at radius 3 is 2.04 bits per heavy atom. The molecule has 0 bridgehead atoms. The Balaban J connectivity index is 2.11. The molecule has 4 nitrogen and oxygen atoms in total. The molecule has 0 aromatic heterocycles. The van der Waals surface area contributed by atoms with Gasteiger partial charge in [0, 0.05) is 30.3 Å². The molecule has 0 saturated heterocycles. The molecule has 1 N–H and O–H groups in total. The number of hydrogen-bond donors (Lipinski definition) is 1. The van der Waals surface area contributed by atoms with Crippen LogP contribution >= 0.6 is 0 Å². The van der Waals surface area contributed by atoms with E-state index in [2.05, 4.69) is 5.32 Å². The van der Waals surface area contributed by atoms with E-state index in [1.165, 1.54) is 53.4 Å². The number of benzene rings is 2. The van der Waals surface area contributed by atoms with Crippen LogP contribution in [0.4, 0.5) is 14.5 Å². The van der Waals surface area contributed by atoms with Gasteiger partial charge < -0.3 is 10.2 Å². The Morgan fingerprint density at radius 1 is 0.962 bits per heavy atom. The topological polar surface area (TPSA) is 49.4 Å². The number of carbonyl (C=O) groups excluding carboxylic acids is 2. The van der Waals surface area contributed by atoms with Crippen LogP contribution in [-0.2, 0) is 4.79 Å². The number of amides is 2. The Labute approximate surface area is 151 Å². The van der Waals surface area contributed by atoms with E-state index < -0.39 is 11.6 Å². The quantitative estimate of drug-likeness (QED) is 0.764. The molecule has 2 amide bonds. The van der Waals surface area contributed by atoms with Crippen molar-refractivity contribution in [2.24, 2.45) is 5.92 Å². The van der Waals surface area contributed by atoms with Gasteiger partial charge in [0.1, 0.15) is 11.6 Å². The zero-order valence-electron chi connectivity index (χ0n) is 14.8. The molecule has 2 aromatic rings. The summed E-state index contributed by atoms with van der Waals surface area (Å²) in [5.41, 5.74) is 0.873. The summed E-state index contributed by atoms with van der Waals surface area (Å²) in [6, 6.07) is 10.9. The first kappa shape index (κ1) is 19.6. The number of halogens is 2. The molecule has 0 heterocycles. The van der Waals surface area contributed by atoms with Crippen molar-refractivity contribution in [3.8, 4) is 0 Å². The smallest absolute Gasteiger partial charge is 0.258 e. The molecule has 0 radical (unpaired) electrons. The molecule has 2 aromatic carbocycles. The number of carbonyl (C=O) groups is 2. The lowest BCUT2D eigenvalue weighted by Crippen LogP contribution is -2.35. The average molecular weight is 360 g/mol. The highest BCUT2D eigenvalue weighted by molar-refractivity contribution is 6.06. The third kappa shape index (κ3) is 5.37. The molecule has 0 fully saturated rings. The van der Waals surface area contributed by atoms with E-state index in [4.69, 9.17) is 0 Å². The Kier molecular flexibility index (Phi) is 6.83. The highest BCUT2D eigenvalue weighted by Crippen LogP contribution is 2.18. The second-order valence-corrected chi connectivity index (χ2v) is 6.24. The normalized spacial score (nSPS) is 10.7. The van der Waals surface area contributed by atoms with Crippen LogP contribution in [0.15, 0.2) is 48.5 Å². The molecule has 2 rings (SSSR count). The third-order valence-electron chi connectivity index (χ3n) is 3.86. The molecule has 138 valence electrons. The zero-order valence-corrected chi connectivity index (χ0v) is 14.8. The fraction of sp³-hybridized carbons (Fsp3) is 0.300. The van der Waals surface area contributed by atoms with Crippen LogP contribution in [0, 0.1) is 17.6 Å². The summed E-state index contributed by atoms with van der Waals surface area (Å²) >= 11 is 0. The Morgan fingerprint density at radius 2 is 1.50 bits per heavy atom. The fourth-order valence-electron chi connectivity index (χ4n) is 2.37. The Bertz CT molecular complexity index is 743. The minimum Gasteiger partial charge on any atom is -0.356 e. The molecule has 0 aliphatic heterocycles. The summed E-state index contributed by atoms with van der Waals surface area (Å²) in [6.45, 7) is 4.36. The molecule has 0 atom stereocenters. The summed E-state index contributed by atoms with van der Waals surface area (Å²) in [4.78, 5) is 25.9. The second kappa shape index (κ2) is 9.08. The summed E-state index contributed by atoms with van der Waals surface area (Å²) in [6.07, 6.45) is 0.531. The van der Waals surface area contributed by atoms with Gasteiger partial charge in [-0.15, -0.1) is 0 Å². The summed E-state index contributed by atoms with van der Waals surface area (Å²) in [5.74, 6) is -1.29. The lowest BCUT2D eigenvalue weighted by molar-refractivity contribution is -0.123. The van der Waals surface area contributed by atoms with Gasteiger partial charge in [-0.1, -0.05) is 13.8 Å². The van der Waals surface area contributed by atoms with Crippen molar-refractivity contribution in [1.29, 1.82) is 0 Å². The van der Waals surface area contributed by atoms with Crippen molar-refractivity contribution in [3.63, 3.8) is 0 Å².